The van der Waals surface area contributed by atoms with Crippen LogP contribution in [0.25, 0.3) is 0 Å². The van der Waals surface area contributed by atoms with Crippen LogP contribution in [0, 0.1) is 0 Å². The molecule has 1 aliphatic rings. The van der Waals surface area contributed by atoms with Gasteiger partial charge in [0, 0.05) is 10.6 Å². The molecule has 1 aliphatic heterocycles. The summed E-state index contributed by atoms with van der Waals surface area (Å²) in [5.41, 5.74) is 0.739. The zero-order valence-electron chi connectivity index (χ0n) is 10.8. The Morgan fingerprint density at radius 1 is 1.45 bits per heavy atom. The summed E-state index contributed by atoms with van der Waals surface area (Å²) < 4.78 is 13.5. The monoisotopic (exact) mass is 313 g/mol. The molecule has 1 saturated heterocycles. The quantitative estimate of drug-likeness (QED) is 0.874. The smallest absolute Gasteiger partial charge is 0.217 e. The minimum Gasteiger partial charge on any atom is -0.342 e. The molecule has 1 aromatic heterocycles. The molecule has 0 saturated carbocycles. The van der Waals surface area contributed by atoms with E-state index >= 15 is 0 Å². The van der Waals surface area contributed by atoms with Crippen molar-refractivity contribution in [3.05, 3.63) is 46.5 Å². The van der Waals surface area contributed by atoms with E-state index in [1.165, 1.54) is 6.33 Å². The second-order valence-corrected chi connectivity index (χ2v) is 5.55. The highest BCUT2D eigenvalue weighted by Crippen LogP contribution is 2.40. The predicted octanol–water partition coefficient (Wildman–Crippen LogP) is 2.87. The first-order valence-electron chi connectivity index (χ1n) is 6.19. The van der Waals surface area contributed by atoms with Crippen LogP contribution in [-0.4, -0.2) is 27.5 Å². The van der Waals surface area contributed by atoms with Crippen molar-refractivity contribution in [1.82, 2.24) is 14.8 Å². The fourth-order valence-corrected chi connectivity index (χ4v) is 2.83. The van der Waals surface area contributed by atoms with Gasteiger partial charge < -0.3 is 9.47 Å². The molecule has 0 N–H and O–H groups in total. The summed E-state index contributed by atoms with van der Waals surface area (Å²) in [5, 5.41) is 5.18. The van der Waals surface area contributed by atoms with Gasteiger partial charge in [-0.1, -0.05) is 29.3 Å². The van der Waals surface area contributed by atoms with E-state index in [2.05, 4.69) is 10.1 Å². The largest absolute Gasteiger partial charge is 0.342 e. The van der Waals surface area contributed by atoms with Crippen molar-refractivity contribution in [2.75, 3.05) is 6.61 Å². The Hall–Kier alpha value is -1.14. The van der Waals surface area contributed by atoms with E-state index < -0.39 is 5.79 Å². The van der Waals surface area contributed by atoms with E-state index in [4.69, 9.17) is 32.7 Å². The van der Waals surface area contributed by atoms with Gasteiger partial charge in [-0.15, -0.1) is 0 Å². The molecule has 1 fully saturated rings. The van der Waals surface area contributed by atoms with Crippen LogP contribution in [0.1, 0.15) is 12.5 Å². The van der Waals surface area contributed by atoms with Crippen molar-refractivity contribution in [3.8, 4) is 0 Å². The highest BCUT2D eigenvalue weighted by Gasteiger charge is 2.44. The number of rotatable bonds is 3. The number of hydrogen-bond acceptors (Lipinski definition) is 4. The molecule has 2 heterocycles. The zero-order chi connectivity index (χ0) is 14.2. The Labute approximate surface area is 126 Å². The molecule has 2 atom stereocenters. The van der Waals surface area contributed by atoms with E-state index in [0.717, 1.165) is 5.56 Å². The molecule has 20 heavy (non-hydrogen) atoms. The van der Waals surface area contributed by atoms with Crippen molar-refractivity contribution in [1.29, 1.82) is 0 Å². The average Bonchev–Trinajstić information content (AvgIpc) is 3.00. The summed E-state index contributed by atoms with van der Waals surface area (Å²) in [6.45, 7) is 2.82. The zero-order valence-corrected chi connectivity index (χ0v) is 12.3. The number of nitrogens with zero attached hydrogens (tertiary/aromatic N) is 3. The molecular weight excluding hydrogens is 301 g/mol. The van der Waals surface area contributed by atoms with Gasteiger partial charge in [0.05, 0.1) is 17.7 Å². The Bertz CT molecular complexity index is 606. The number of aromatic nitrogens is 3. The minimum atomic E-state index is -0.964. The van der Waals surface area contributed by atoms with Gasteiger partial charge in [-0.05, 0) is 19.1 Å². The second-order valence-electron chi connectivity index (χ2n) is 4.71. The van der Waals surface area contributed by atoms with Crippen LogP contribution in [0.3, 0.4) is 0 Å². The van der Waals surface area contributed by atoms with Gasteiger partial charge in [0.1, 0.15) is 19.2 Å². The number of halogens is 2. The van der Waals surface area contributed by atoms with E-state index in [0.29, 0.717) is 23.2 Å². The van der Waals surface area contributed by atoms with Crippen LogP contribution in [-0.2, 0) is 21.8 Å². The third-order valence-electron chi connectivity index (χ3n) is 3.12. The van der Waals surface area contributed by atoms with Gasteiger partial charge in [0.2, 0.25) is 5.79 Å². The summed E-state index contributed by atoms with van der Waals surface area (Å²) in [6, 6.07) is 5.26. The number of ether oxygens (including phenoxy) is 2. The van der Waals surface area contributed by atoms with E-state index in [-0.39, 0.29) is 6.10 Å². The highest BCUT2D eigenvalue weighted by molar-refractivity contribution is 6.35. The maximum atomic E-state index is 6.30. The van der Waals surface area contributed by atoms with Crippen molar-refractivity contribution in [2.45, 2.75) is 25.4 Å². The second kappa shape index (κ2) is 5.33. The lowest BCUT2D eigenvalue weighted by Crippen LogP contribution is -2.34. The lowest BCUT2D eigenvalue weighted by Gasteiger charge is -2.29. The Balaban J connectivity index is 2.01. The van der Waals surface area contributed by atoms with Gasteiger partial charge in [-0.3, -0.25) is 0 Å². The van der Waals surface area contributed by atoms with Crippen molar-refractivity contribution < 1.29 is 9.47 Å². The fourth-order valence-electron chi connectivity index (χ4n) is 2.28. The Kier molecular flexibility index (Phi) is 3.69. The SMILES string of the molecule is CC1COC(Cn2cncn2)(c2ccc(Cl)cc2Cl)O1. The summed E-state index contributed by atoms with van der Waals surface area (Å²) in [5.74, 6) is -0.964. The van der Waals surface area contributed by atoms with Gasteiger partial charge in [0.15, 0.2) is 0 Å². The summed E-state index contributed by atoms with van der Waals surface area (Å²) in [4.78, 5) is 3.93. The number of benzene rings is 1. The van der Waals surface area contributed by atoms with Crippen LogP contribution in [0.2, 0.25) is 10.0 Å². The maximum Gasteiger partial charge on any atom is 0.217 e. The molecule has 5 nitrogen and oxygen atoms in total. The molecule has 0 radical (unpaired) electrons. The van der Waals surface area contributed by atoms with Gasteiger partial charge in [-0.2, -0.15) is 5.10 Å². The first-order chi connectivity index (χ1) is 9.59. The van der Waals surface area contributed by atoms with Crippen LogP contribution in [0.15, 0.2) is 30.9 Å². The molecule has 1 aromatic carbocycles. The third kappa shape index (κ3) is 2.54. The maximum absolute atomic E-state index is 6.30. The minimum absolute atomic E-state index is 0.0229. The molecule has 7 heteroatoms. The molecule has 106 valence electrons. The van der Waals surface area contributed by atoms with E-state index in [9.17, 15) is 0 Å². The highest BCUT2D eigenvalue weighted by atomic mass is 35.5. The van der Waals surface area contributed by atoms with Crippen molar-refractivity contribution >= 4 is 23.2 Å². The Morgan fingerprint density at radius 2 is 2.30 bits per heavy atom. The molecule has 2 unspecified atom stereocenters. The van der Waals surface area contributed by atoms with Crippen LogP contribution in [0.4, 0.5) is 0 Å². The summed E-state index contributed by atoms with van der Waals surface area (Å²) >= 11 is 12.2. The van der Waals surface area contributed by atoms with Gasteiger partial charge >= 0.3 is 0 Å². The molecule has 0 spiro atoms. The molecule has 3 rings (SSSR count). The number of hydrogen-bond donors (Lipinski definition) is 0. The summed E-state index contributed by atoms with van der Waals surface area (Å²) in [7, 11) is 0. The van der Waals surface area contributed by atoms with Crippen LogP contribution < -0.4 is 0 Å². The third-order valence-corrected chi connectivity index (χ3v) is 3.67. The predicted molar refractivity (Wildman–Crippen MR) is 74.7 cm³/mol. The van der Waals surface area contributed by atoms with Crippen LogP contribution in [0.5, 0.6) is 0 Å². The molecule has 2 aromatic rings. The van der Waals surface area contributed by atoms with Gasteiger partial charge in [-0.25, -0.2) is 9.67 Å². The average molecular weight is 314 g/mol. The lowest BCUT2D eigenvalue weighted by atomic mass is 10.1. The van der Waals surface area contributed by atoms with Gasteiger partial charge in [0.25, 0.3) is 0 Å². The fraction of sp³-hybridized carbons (Fsp3) is 0.385. The Morgan fingerprint density at radius 3 is 2.90 bits per heavy atom. The normalized spacial score (nSPS) is 26.1. The molecule has 0 bridgehead atoms. The van der Waals surface area contributed by atoms with E-state index in [1.807, 2.05) is 13.0 Å². The first kappa shape index (κ1) is 13.8. The lowest BCUT2D eigenvalue weighted by molar-refractivity contribution is -0.186. The first-order valence-corrected chi connectivity index (χ1v) is 6.94. The molecule has 0 aliphatic carbocycles. The topological polar surface area (TPSA) is 49.2 Å². The van der Waals surface area contributed by atoms with Crippen LogP contribution >= 0.6 is 23.2 Å². The molecule has 0 amide bonds. The molecular formula is C13H13Cl2N3O2. The standard InChI is InChI=1S/C13H13Cl2N3O2/c1-9-5-19-13(20-9,6-18-8-16-7-17-18)11-3-2-10(14)4-12(11)15/h2-4,7-9H,5-6H2,1H3. The summed E-state index contributed by atoms with van der Waals surface area (Å²) in [6.07, 6.45) is 3.06. The van der Waals surface area contributed by atoms with Crippen molar-refractivity contribution in [3.63, 3.8) is 0 Å². The van der Waals surface area contributed by atoms with Crippen molar-refractivity contribution in [2.24, 2.45) is 0 Å². The van der Waals surface area contributed by atoms with E-state index in [1.54, 1.807) is 23.1 Å².